The van der Waals surface area contributed by atoms with Crippen molar-refractivity contribution in [3.63, 3.8) is 0 Å². The molecular weight excluding hydrogens is 458 g/mol. The number of piperidine rings is 1. The zero-order valence-corrected chi connectivity index (χ0v) is 27.2. The Labute approximate surface area is 243 Å². The van der Waals surface area contributed by atoms with Crippen LogP contribution in [0, 0.1) is 0 Å². The Balaban J connectivity index is 1.93. The van der Waals surface area contributed by atoms with Gasteiger partial charge in [-0.25, -0.2) is 0 Å². The van der Waals surface area contributed by atoms with Crippen molar-refractivity contribution < 1.29 is 4.48 Å². The predicted octanol–water partition coefficient (Wildman–Crippen LogP) is 12.9. The van der Waals surface area contributed by atoms with Gasteiger partial charge in [0.1, 0.15) is 0 Å². The summed E-state index contributed by atoms with van der Waals surface area (Å²) in [6.07, 6.45) is 45.9. The van der Waals surface area contributed by atoms with E-state index in [2.05, 4.69) is 13.8 Å². The van der Waals surface area contributed by atoms with Crippen molar-refractivity contribution in [2.45, 2.75) is 213 Å². The zero-order valence-electron chi connectivity index (χ0n) is 27.2. The summed E-state index contributed by atoms with van der Waals surface area (Å²) in [4.78, 5) is 0. The van der Waals surface area contributed by atoms with Gasteiger partial charge in [0.25, 0.3) is 0 Å². The molecule has 0 unspecified atom stereocenters. The van der Waals surface area contributed by atoms with Crippen LogP contribution in [0.1, 0.15) is 213 Å². The Morgan fingerprint density at radius 3 is 0.789 bits per heavy atom. The van der Waals surface area contributed by atoms with Crippen LogP contribution in [-0.4, -0.2) is 30.7 Å². The van der Waals surface area contributed by atoms with Crippen LogP contribution in [-0.2, 0) is 0 Å². The van der Waals surface area contributed by atoms with Crippen LogP contribution < -0.4 is 0 Å². The first-order valence-corrected chi connectivity index (χ1v) is 18.7. The average molecular weight is 535 g/mol. The lowest BCUT2D eigenvalue weighted by Gasteiger charge is -2.42. The molecule has 1 heteroatoms. The Morgan fingerprint density at radius 1 is 0.289 bits per heavy atom. The van der Waals surface area contributed by atoms with Gasteiger partial charge in [-0.1, -0.05) is 168 Å². The van der Waals surface area contributed by atoms with Gasteiger partial charge in [-0.3, -0.25) is 0 Å². The van der Waals surface area contributed by atoms with Gasteiger partial charge in [-0.15, -0.1) is 0 Å². The second-order valence-corrected chi connectivity index (χ2v) is 13.5. The summed E-state index contributed by atoms with van der Waals surface area (Å²) in [6.45, 7) is 10.6. The molecule has 1 fully saturated rings. The molecule has 1 aliphatic rings. The lowest BCUT2D eigenvalue weighted by atomic mass is 10.0. The lowest BCUT2D eigenvalue weighted by molar-refractivity contribution is -0.932. The molecule has 0 radical (unpaired) electrons. The van der Waals surface area contributed by atoms with E-state index < -0.39 is 0 Å². The second kappa shape index (κ2) is 28.5. The highest BCUT2D eigenvalue weighted by Gasteiger charge is 2.28. The highest BCUT2D eigenvalue weighted by molar-refractivity contribution is 4.57. The smallest absolute Gasteiger partial charge is 0.0786 e. The summed E-state index contributed by atoms with van der Waals surface area (Å²) >= 11 is 0. The van der Waals surface area contributed by atoms with E-state index in [-0.39, 0.29) is 0 Å². The molecule has 0 N–H and O–H groups in total. The lowest BCUT2D eigenvalue weighted by Crippen LogP contribution is -2.52. The number of nitrogens with zero attached hydrogens (tertiary/aromatic N) is 1. The predicted molar refractivity (Wildman–Crippen MR) is 174 cm³/mol. The quantitative estimate of drug-likeness (QED) is 0.0634. The maximum atomic E-state index is 2.31. The maximum absolute atomic E-state index is 2.31. The minimum absolute atomic E-state index is 1.37. The minimum Gasteiger partial charge on any atom is -0.324 e. The van der Waals surface area contributed by atoms with Crippen LogP contribution in [0.3, 0.4) is 0 Å². The fourth-order valence-corrected chi connectivity index (χ4v) is 7.03. The Bertz CT molecular complexity index is 404. The zero-order chi connectivity index (χ0) is 27.2. The summed E-state index contributed by atoms with van der Waals surface area (Å²) < 4.78 is 1.50. The summed E-state index contributed by atoms with van der Waals surface area (Å²) in [5, 5.41) is 0. The van der Waals surface area contributed by atoms with E-state index in [1.165, 1.54) is 230 Å². The third kappa shape index (κ3) is 22.7. The summed E-state index contributed by atoms with van der Waals surface area (Å²) in [5.41, 5.74) is 0. The molecule has 1 rings (SSSR count). The van der Waals surface area contributed by atoms with E-state index in [0.29, 0.717) is 0 Å². The van der Waals surface area contributed by atoms with Gasteiger partial charge < -0.3 is 4.48 Å². The molecule has 0 bridgehead atoms. The van der Waals surface area contributed by atoms with Gasteiger partial charge in [0.2, 0.25) is 0 Å². The van der Waals surface area contributed by atoms with Crippen molar-refractivity contribution in [3.05, 3.63) is 0 Å². The first-order valence-electron chi connectivity index (χ1n) is 18.7. The molecule has 0 aromatic carbocycles. The highest BCUT2D eigenvalue weighted by Crippen LogP contribution is 2.23. The van der Waals surface area contributed by atoms with E-state index in [9.17, 15) is 0 Å². The van der Waals surface area contributed by atoms with E-state index in [1.807, 2.05) is 0 Å². The molecule has 228 valence electrons. The van der Waals surface area contributed by atoms with Crippen molar-refractivity contribution in [2.24, 2.45) is 0 Å². The van der Waals surface area contributed by atoms with Crippen molar-refractivity contribution in [2.75, 3.05) is 26.2 Å². The Morgan fingerprint density at radius 2 is 0.526 bits per heavy atom. The molecule has 1 heterocycles. The number of likely N-dealkylation sites (tertiary alicyclic amines) is 1. The van der Waals surface area contributed by atoms with Gasteiger partial charge in [-0.2, -0.15) is 0 Å². The third-order valence-corrected chi connectivity index (χ3v) is 9.74. The van der Waals surface area contributed by atoms with E-state index in [0.717, 1.165) is 0 Å². The number of quaternary nitrogens is 1. The largest absolute Gasteiger partial charge is 0.324 e. The highest BCUT2D eigenvalue weighted by atomic mass is 15.3. The van der Waals surface area contributed by atoms with Gasteiger partial charge >= 0.3 is 0 Å². The molecule has 0 saturated carbocycles. The number of rotatable bonds is 30. The molecule has 1 nitrogen and oxygen atoms in total. The number of hydrogen-bond donors (Lipinski definition) is 0. The van der Waals surface area contributed by atoms with Crippen molar-refractivity contribution in [1.29, 1.82) is 0 Å². The molecule has 0 aromatic rings. The topological polar surface area (TPSA) is 0 Å². The standard InChI is InChI=1S/C37H76N/c1-3-5-7-9-11-13-15-17-19-21-23-25-27-30-34-38(36-32-29-33-37-38)35-31-28-26-24-22-20-18-16-14-12-10-8-6-4-2/h3-37H2,1-2H3/q+1. The van der Waals surface area contributed by atoms with Gasteiger partial charge in [0.15, 0.2) is 0 Å². The summed E-state index contributed by atoms with van der Waals surface area (Å²) in [6, 6.07) is 0. The maximum Gasteiger partial charge on any atom is 0.0786 e. The van der Waals surface area contributed by atoms with E-state index in [4.69, 9.17) is 0 Å². The normalized spacial score (nSPS) is 15.3. The fourth-order valence-electron chi connectivity index (χ4n) is 7.03. The van der Waals surface area contributed by atoms with Crippen LogP contribution in [0.2, 0.25) is 0 Å². The van der Waals surface area contributed by atoms with Gasteiger partial charge in [0, 0.05) is 0 Å². The molecule has 0 aromatic heterocycles. The van der Waals surface area contributed by atoms with E-state index in [1.54, 1.807) is 0 Å². The first-order chi connectivity index (χ1) is 18.8. The number of unbranched alkanes of at least 4 members (excludes halogenated alkanes) is 26. The Kier molecular flexibility index (Phi) is 27.0. The molecule has 0 aliphatic carbocycles. The number of hydrogen-bond acceptors (Lipinski definition) is 0. The molecule has 1 saturated heterocycles. The second-order valence-electron chi connectivity index (χ2n) is 13.5. The van der Waals surface area contributed by atoms with Crippen molar-refractivity contribution >= 4 is 0 Å². The van der Waals surface area contributed by atoms with Crippen LogP contribution in [0.15, 0.2) is 0 Å². The monoisotopic (exact) mass is 535 g/mol. The van der Waals surface area contributed by atoms with Crippen LogP contribution >= 0.6 is 0 Å². The summed E-state index contributed by atoms with van der Waals surface area (Å²) in [5.74, 6) is 0. The molecular formula is C37H76N+. The molecule has 0 amide bonds. The fraction of sp³-hybridized carbons (Fsp3) is 1.00. The minimum atomic E-state index is 1.37. The van der Waals surface area contributed by atoms with Gasteiger partial charge in [0.05, 0.1) is 26.2 Å². The third-order valence-electron chi connectivity index (χ3n) is 9.74. The van der Waals surface area contributed by atoms with Crippen LogP contribution in [0.25, 0.3) is 0 Å². The van der Waals surface area contributed by atoms with Crippen molar-refractivity contribution in [1.82, 2.24) is 0 Å². The SMILES string of the molecule is CCCCCCCCCCCCCCCC[N+]1(CCCCCCCCCCCCCCCC)CCCCC1. The molecule has 38 heavy (non-hydrogen) atoms. The molecule has 1 aliphatic heterocycles. The molecule has 0 atom stereocenters. The van der Waals surface area contributed by atoms with Crippen LogP contribution in [0.4, 0.5) is 0 Å². The summed E-state index contributed by atoms with van der Waals surface area (Å²) in [7, 11) is 0. The molecule has 0 spiro atoms. The van der Waals surface area contributed by atoms with Gasteiger partial charge in [-0.05, 0) is 44.9 Å². The Hall–Kier alpha value is -0.0400. The average Bonchev–Trinajstić information content (AvgIpc) is 2.94. The van der Waals surface area contributed by atoms with E-state index >= 15 is 0 Å². The van der Waals surface area contributed by atoms with Crippen LogP contribution in [0.5, 0.6) is 0 Å². The van der Waals surface area contributed by atoms with Crippen molar-refractivity contribution in [3.8, 4) is 0 Å². The first kappa shape index (κ1) is 36.0.